The highest BCUT2D eigenvalue weighted by Gasteiger charge is 2.01. The average Bonchev–Trinajstić information content (AvgIpc) is 2.45. The highest BCUT2D eigenvalue weighted by atomic mass is 16.5. The van der Waals surface area contributed by atoms with Crippen LogP contribution < -0.4 is 10.5 Å². The van der Waals surface area contributed by atoms with Crippen LogP contribution in [0.1, 0.15) is 11.3 Å². The van der Waals surface area contributed by atoms with Crippen molar-refractivity contribution in [3.63, 3.8) is 0 Å². The molecule has 0 unspecified atom stereocenters. The van der Waals surface area contributed by atoms with Gasteiger partial charge in [0.2, 0.25) is 0 Å². The maximum atomic E-state index is 5.72. The molecule has 20 heavy (non-hydrogen) atoms. The molecule has 0 atom stereocenters. The van der Waals surface area contributed by atoms with E-state index in [1.165, 1.54) is 5.56 Å². The first-order valence-electron chi connectivity index (χ1n) is 6.55. The third-order valence-electron chi connectivity index (χ3n) is 3.15. The Morgan fingerprint density at radius 3 is 2.80 bits per heavy atom. The molecule has 3 heteroatoms. The fourth-order valence-corrected chi connectivity index (χ4v) is 2.13. The minimum atomic E-state index is 0.438. The van der Waals surface area contributed by atoms with Crippen molar-refractivity contribution in [1.29, 1.82) is 0 Å². The highest BCUT2D eigenvalue weighted by Crippen LogP contribution is 2.18. The standard InChI is InChI=1S/C17H16N2O/c1-12-5-8-17-13(9-12)6-7-15(19-17)11-20-16-4-2-3-14(18)10-16/h2-10H,11,18H2,1H3. The Labute approximate surface area is 118 Å². The zero-order chi connectivity index (χ0) is 13.9. The van der Waals surface area contributed by atoms with E-state index in [0.29, 0.717) is 12.3 Å². The summed E-state index contributed by atoms with van der Waals surface area (Å²) in [6.07, 6.45) is 0. The van der Waals surface area contributed by atoms with Crippen LogP contribution in [0.15, 0.2) is 54.6 Å². The van der Waals surface area contributed by atoms with Gasteiger partial charge in [-0.2, -0.15) is 0 Å². The van der Waals surface area contributed by atoms with Gasteiger partial charge in [-0.05, 0) is 37.3 Å². The minimum Gasteiger partial charge on any atom is -0.487 e. The largest absolute Gasteiger partial charge is 0.487 e. The van der Waals surface area contributed by atoms with Crippen LogP contribution in [-0.4, -0.2) is 4.98 Å². The van der Waals surface area contributed by atoms with E-state index in [9.17, 15) is 0 Å². The smallest absolute Gasteiger partial charge is 0.130 e. The SMILES string of the molecule is Cc1ccc2nc(COc3cccc(N)c3)ccc2c1. The van der Waals surface area contributed by atoms with Gasteiger partial charge in [-0.25, -0.2) is 4.98 Å². The number of ether oxygens (including phenoxy) is 1. The zero-order valence-corrected chi connectivity index (χ0v) is 11.3. The first-order valence-corrected chi connectivity index (χ1v) is 6.55. The van der Waals surface area contributed by atoms with Crippen molar-refractivity contribution in [2.24, 2.45) is 0 Å². The predicted molar refractivity (Wildman–Crippen MR) is 81.7 cm³/mol. The molecule has 0 saturated carbocycles. The number of aromatic nitrogens is 1. The molecular weight excluding hydrogens is 248 g/mol. The summed E-state index contributed by atoms with van der Waals surface area (Å²) in [5, 5.41) is 1.15. The maximum Gasteiger partial charge on any atom is 0.130 e. The summed E-state index contributed by atoms with van der Waals surface area (Å²) < 4.78 is 5.70. The summed E-state index contributed by atoms with van der Waals surface area (Å²) in [5.41, 5.74) is 9.55. The van der Waals surface area contributed by atoms with Crippen molar-refractivity contribution in [1.82, 2.24) is 4.98 Å². The molecule has 0 fully saturated rings. The van der Waals surface area contributed by atoms with E-state index in [2.05, 4.69) is 30.1 Å². The molecule has 2 aromatic carbocycles. The zero-order valence-electron chi connectivity index (χ0n) is 11.3. The number of anilines is 1. The second-order valence-corrected chi connectivity index (χ2v) is 4.86. The molecule has 0 bridgehead atoms. The average molecular weight is 264 g/mol. The van der Waals surface area contributed by atoms with E-state index >= 15 is 0 Å². The van der Waals surface area contributed by atoms with Crippen LogP contribution in [-0.2, 0) is 6.61 Å². The number of benzene rings is 2. The van der Waals surface area contributed by atoms with Gasteiger partial charge in [0.15, 0.2) is 0 Å². The molecule has 0 amide bonds. The van der Waals surface area contributed by atoms with Crippen molar-refractivity contribution >= 4 is 16.6 Å². The Balaban J connectivity index is 1.79. The summed E-state index contributed by atoms with van der Waals surface area (Å²) in [7, 11) is 0. The summed E-state index contributed by atoms with van der Waals surface area (Å²) >= 11 is 0. The Hall–Kier alpha value is -2.55. The van der Waals surface area contributed by atoms with Gasteiger partial charge in [0.1, 0.15) is 12.4 Å². The van der Waals surface area contributed by atoms with Gasteiger partial charge >= 0.3 is 0 Å². The molecule has 3 rings (SSSR count). The van der Waals surface area contributed by atoms with E-state index in [1.54, 1.807) is 0 Å². The van der Waals surface area contributed by atoms with E-state index < -0.39 is 0 Å². The lowest BCUT2D eigenvalue weighted by Crippen LogP contribution is -1.99. The van der Waals surface area contributed by atoms with Crippen LogP contribution >= 0.6 is 0 Å². The fourth-order valence-electron chi connectivity index (χ4n) is 2.13. The number of hydrogen-bond donors (Lipinski definition) is 1. The van der Waals surface area contributed by atoms with Gasteiger partial charge < -0.3 is 10.5 Å². The number of hydrogen-bond acceptors (Lipinski definition) is 3. The number of nitrogens with two attached hydrogens (primary N) is 1. The normalized spacial score (nSPS) is 10.7. The van der Waals surface area contributed by atoms with E-state index in [4.69, 9.17) is 10.5 Å². The van der Waals surface area contributed by atoms with Gasteiger partial charge in [0.25, 0.3) is 0 Å². The molecule has 1 heterocycles. The lowest BCUT2D eigenvalue weighted by atomic mass is 10.1. The maximum absolute atomic E-state index is 5.72. The molecule has 3 aromatic rings. The molecule has 100 valence electrons. The highest BCUT2D eigenvalue weighted by molar-refractivity contribution is 5.79. The second kappa shape index (κ2) is 5.21. The van der Waals surface area contributed by atoms with Crippen LogP contribution in [0.3, 0.4) is 0 Å². The lowest BCUT2D eigenvalue weighted by molar-refractivity contribution is 0.302. The second-order valence-electron chi connectivity index (χ2n) is 4.86. The van der Waals surface area contributed by atoms with Gasteiger partial charge in [0, 0.05) is 17.1 Å². The Morgan fingerprint density at radius 2 is 1.95 bits per heavy atom. The van der Waals surface area contributed by atoms with Crippen molar-refractivity contribution in [2.45, 2.75) is 13.5 Å². The number of aryl methyl sites for hydroxylation is 1. The topological polar surface area (TPSA) is 48.1 Å². The van der Waals surface area contributed by atoms with Crippen molar-refractivity contribution < 1.29 is 4.74 Å². The summed E-state index contributed by atoms with van der Waals surface area (Å²) in [5.74, 6) is 0.760. The molecule has 0 saturated heterocycles. The number of nitrogens with zero attached hydrogens (tertiary/aromatic N) is 1. The monoisotopic (exact) mass is 264 g/mol. The quantitative estimate of drug-likeness (QED) is 0.734. The molecule has 3 nitrogen and oxygen atoms in total. The van der Waals surface area contributed by atoms with Gasteiger partial charge in [0.05, 0.1) is 11.2 Å². The Kier molecular flexibility index (Phi) is 3.25. The molecule has 0 aliphatic heterocycles. The first kappa shape index (κ1) is 12.5. The lowest BCUT2D eigenvalue weighted by Gasteiger charge is -2.07. The third kappa shape index (κ3) is 2.72. The van der Waals surface area contributed by atoms with Crippen molar-refractivity contribution in [3.8, 4) is 5.75 Å². The van der Waals surface area contributed by atoms with Crippen LogP contribution in [0.2, 0.25) is 0 Å². The molecule has 0 spiro atoms. The molecule has 0 aliphatic rings. The molecule has 0 aliphatic carbocycles. The van der Waals surface area contributed by atoms with Crippen molar-refractivity contribution in [2.75, 3.05) is 5.73 Å². The summed E-state index contributed by atoms with van der Waals surface area (Å²) in [6.45, 7) is 2.52. The fraction of sp³-hybridized carbons (Fsp3) is 0.118. The van der Waals surface area contributed by atoms with Crippen LogP contribution in [0, 0.1) is 6.92 Å². The molecule has 1 aromatic heterocycles. The van der Waals surface area contributed by atoms with Crippen LogP contribution in [0.5, 0.6) is 5.75 Å². The van der Waals surface area contributed by atoms with E-state index in [-0.39, 0.29) is 0 Å². The number of rotatable bonds is 3. The van der Waals surface area contributed by atoms with Gasteiger partial charge in [-0.1, -0.05) is 23.8 Å². The number of fused-ring (bicyclic) bond motifs is 1. The Morgan fingerprint density at radius 1 is 1.05 bits per heavy atom. The Bertz CT molecular complexity index is 753. The van der Waals surface area contributed by atoms with Gasteiger partial charge in [-0.15, -0.1) is 0 Å². The molecule has 0 radical (unpaired) electrons. The predicted octanol–water partition coefficient (Wildman–Crippen LogP) is 3.70. The minimum absolute atomic E-state index is 0.438. The number of pyridine rings is 1. The van der Waals surface area contributed by atoms with E-state index in [0.717, 1.165) is 22.3 Å². The van der Waals surface area contributed by atoms with Crippen LogP contribution in [0.25, 0.3) is 10.9 Å². The summed E-state index contributed by atoms with van der Waals surface area (Å²) in [4.78, 5) is 4.60. The third-order valence-corrected chi connectivity index (χ3v) is 3.15. The first-order chi connectivity index (χ1) is 9.70. The van der Waals surface area contributed by atoms with Gasteiger partial charge in [-0.3, -0.25) is 0 Å². The summed E-state index contributed by atoms with van der Waals surface area (Å²) in [6, 6.07) is 17.7. The molecular formula is C17H16N2O. The van der Waals surface area contributed by atoms with Crippen LogP contribution in [0.4, 0.5) is 5.69 Å². The van der Waals surface area contributed by atoms with Crippen molar-refractivity contribution in [3.05, 3.63) is 65.9 Å². The number of nitrogen functional groups attached to an aromatic ring is 1. The van der Waals surface area contributed by atoms with E-state index in [1.807, 2.05) is 36.4 Å². The molecule has 2 N–H and O–H groups in total.